The summed E-state index contributed by atoms with van der Waals surface area (Å²) in [7, 11) is 0. The van der Waals surface area contributed by atoms with Crippen molar-refractivity contribution in [3.8, 4) is 0 Å². The number of allylic oxidation sites excluding steroid dienone is 12. The molecular weight excluding hydrogens is 168 g/mol. The normalized spacial score (nSPS) is 33.6. The van der Waals surface area contributed by atoms with Crippen molar-refractivity contribution >= 4 is 0 Å². The second kappa shape index (κ2) is 5.98. The first-order valence-electron chi connectivity index (χ1n) is 4.82. The SMILES string of the molecule is CC1=C/C=C(C)\C=C/C=C/C=C/C=C\1. The van der Waals surface area contributed by atoms with Gasteiger partial charge in [-0.15, -0.1) is 0 Å². The van der Waals surface area contributed by atoms with E-state index in [4.69, 9.17) is 0 Å². The molecule has 1 aliphatic carbocycles. The van der Waals surface area contributed by atoms with E-state index < -0.39 is 0 Å². The van der Waals surface area contributed by atoms with Gasteiger partial charge in [0.2, 0.25) is 0 Å². The Bertz CT molecular complexity index is 308. The predicted octanol–water partition coefficient (Wildman–Crippen LogP) is 4.12. The highest BCUT2D eigenvalue weighted by Gasteiger charge is 1.81. The van der Waals surface area contributed by atoms with Crippen molar-refractivity contribution in [3.63, 3.8) is 0 Å². The van der Waals surface area contributed by atoms with Gasteiger partial charge in [-0.2, -0.15) is 0 Å². The fraction of sp³-hybridized carbons (Fsp3) is 0.143. The third kappa shape index (κ3) is 4.46. The molecule has 0 unspecified atom stereocenters. The molecule has 0 nitrogen and oxygen atoms in total. The summed E-state index contributed by atoms with van der Waals surface area (Å²) >= 11 is 0. The number of hydrogen-bond acceptors (Lipinski definition) is 0. The molecule has 1 rings (SSSR count). The van der Waals surface area contributed by atoms with E-state index in [1.165, 1.54) is 11.1 Å². The molecule has 14 heavy (non-hydrogen) atoms. The van der Waals surface area contributed by atoms with Crippen molar-refractivity contribution in [3.05, 3.63) is 71.9 Å². The molecule has 1 aliphatic rings. The molecule has 0 radical (unpaired) electrons. The van der Waals surface area contributed by atoms with Crippen LogP contribution in [0.15, 0.2) is 71.9 Å². The fourth-order valence-electron chi connectivity index (χ4n) is 1.05. The molecule has 0 atom stereocenters. The molecule has 72 valence electrons. The van der Waals surface area contributed by atoms with Gasteiger partial charge in [-0.1, -0.05) is 71.9 Å². The minimum absolute atomic E-state index is 1.26. The lowest BCUT2D eigenvalue weighted by atomic mass is 10.2. The zero-order chi connectivity index (χ0) is 10.2. The van der Waals surface area contributed by atoms with Gasteiger partial charge >= 0.3 is 0 Å². The van der Waals surface area contributed by atoms with Crippen LogP contribution in [0.1, 0.15) is 13.8 Å². The van der Waals surface area contributed by atoms with E-state index in [1.807, 2.05) is 36.5 Å². The summed E-state index contributed by atoms with van der Waals surface area (Å²) in [6, 6.07) is 0. The molecule has 0 heteroatoms. The Morgan fingerprint density at radius 2 is 0.929 bits per heavy atom. The maximum atomic E-state index is 2.12. The lowest BCUT2D eigenvalue weighted by Crippen LogP contribution is -1.70. The maximum absolute atomic E-state index is 2.12. The van der Waals surface area contributed by atoms with Crippen LogP contribution in [0.5, 0.6) is 0 Å². The summed E-state index contributed by atoms with van der Waals surface area (Å²) in [5.41, 5.74) is 2.51. The molecular formula is C14H16. The van der Waals surface area contributed by atoms with Crippen LogP contribution in [0, 0.1) is 0 Å². The van der Waals surface area contributed by atoms with Gasteiger partial charge in [-0.3, -0.25) is 0 Å². The summed E-state index contributed by atoms with van der Waals surface area (Å²) in [6.07, 6.45) is 20.6. The molecule has 0 heterocycles. The Kier molecular flexibility index (Phi) is 4.49. The molecule has 0 N–H and O–H groups in total. The molecule has 0 amide bonds. The van der Waals surface area contributed by atoms with Crippen LogP contribution in [0.4, 0.5) is 0 Å². The van der Waals surface area contributed by atoms with Crippen molar-refractivity contribution in [1.29, 1.82) is 0 Å². The van der Waals surface area contributed by atoms with E-state index in [0.29, 0.717) is 0 Å². The van der Waals surface area contributed by atoms with Gasteiger partial charge in [0.1, 0.15) is 0 Å². The Balaban J connectivity index is 2.90. The molecule has 0 spiro atoms. The molecule has 0 fully saturated rings. The lowest BCUT2D eigenvalue weighted by molar-refractivity contribution is 1.47. The van der Waals surface area contributed by atoms with Crippen LogP contribution in [0.3, 0.4) is 0 Å². The van der Waals surface area contributed by atoms with Crippen LogP contribution < -0.4 is 0 Å². The summed E-state index contributed by atoms with van der Waals surface area (Å²) in [5.74, 6) is 0. The largest absolute Gasteiger partial charge is 0.0623 e. The quantitative estimate of drug-likeness (QED) is 0.531. The average molecular weight is 184 g/mol. The van der Waals surface area contributed by atoms with Crippen molar-refractivity contribution < 1.29 is 0 Å². The standard InChI is InChI=1S/C14H16/c1-13-9-7-5-3-4-6-8-10-14(2)12-11-13/h3-12H,1-2H3/b4-3?,5-3+,6-4+,7-5?,8-6?,9-7-,10-8-,12-11?,13-9?,13-11-,14-10?,14-12-. The summed E-state index contributed by atoms with van der Waals surface area (Å²) < 4.78 is 0. The molecule has 0 aliphatic heterocycles. The van der Waals surface area contributed by atoms with Gasteiger partial charge in [0.25, 0.3) is 0 Å². The molecule has 0 aromatic carbocycles. The van der Waals surface area contributed by atoms with Gasteiger partial charge in [-0.05, 0) is 13.8 Å². The second-order valence-electron chi connectivity index (χ2n) is 3.31. The van der Waals surface area contributed by atoms with E-state index in [2.05, 4.69) is 38.2 Å². The topological polar surface area (TPSA) is 0 Å². The molecule has 0 saturated carbocycles. The van der Waals surface area contributed by atoms with Gasteiger partial charge < -0.3 is 0 Å². The van der Waals surface area contributed by atoms with Crippen molar-refractivity contribution in [2.45, 2.75) is 13.8 Å². The predicted molar refractivity (Wildman–Crippen MR) is 64.1 cm³/mol. The Labute approximate surface area is 86.3 Å². The van der Waals surface area contributed by atoms with Gasteiger partial charge in [0, 0.05) is 0 Å². The first-order chi connectivity index (χ1) is 6.79. The third-order valence-corrected chi connectivity index (χ3v) is 1.88. The zero-order valence-electron chi connectivity index (χ0n) is 8.77. The van der Waals surface area contributed by atoms with Crippen LogP contribution >= 0.6 is 0 Å². The van der Waals surface area contributed by atoms with Crippen LogP contribution in [0.2, 0.25) is 0 Å². The average Bonchev–Trinajstić information content (AvgIpc) is 2.17. The third-order valence-electron chi connectivity index (χ3n) is 1.88. The highest BCUT2D eigenvalue weighted by atomic mass is 13.9. The van der Waals surface area contributed by atoms with E-state index in [1.54, 1.807) is 0 Å². The fourth-order valence-corrected chi connectivity index (χ4v) is 1.05. The smallest absolute Gasteiger partial charge is 0.0398 e. The molecule has 0 saturated heterocycles. The van der Waals surface area contributed by atoms with Gasteiger partial charge in [0.15, 0.2) is 0 Å². The van der Waals surface area contributed by atoms with Crippen molar-refractivity contribution in [2.24, 2.45) is 0 Å². The second-order valence-corrected chi connectivity index (χ2v) is 3.31. The van der Waals surface area contributed by atoms with E-state index >= 15 is 0 Å². The zero-order valence-corrected chi connectivity index (χ0v) is 8.77. The molecule has 0 aromatic heterocycles. The minimum Gasteiger partial charge on any atom is -0.0623 e. The Hall–Kier alpha value is -1.56. The Morgan fingerprint density at radius 1 is 0.571 bits per heavy atom. The highest BCUT2D eigenvalue weighted by molar-refractivity contribution is 5.31. The lowest BCUT2D eigenvalue weighted by Gasteiger charge is -1.91. The van der Waals surface area contributed by atoms with Crippen molar-refractivity contribution in [1.82, 2.24) is 0 Å². The first-order valence-corrected chi connectivity index (χ1v) is 4.82. The molecule has 0 bridgehead atoms. The summed E-state index contributed by atoms with van der Waals surface area (Å²) in [5, 5.41) is 0. The van der Waals surface area contributed by atoms with Crippen LogP contribution in [-0.2, 0) is 0 Å². The van der Waals surface area contributed by atoms with E-state index in [9.17, 15) is 0 Å². The van der Waals surface area contributed by atoms with Gasteiger partial charge in [-0.25, -0.2) is 0 Å². The number of hydrogen-bond donors (Lipinski definition) is 0. The summed E-state index contributed by atoms with van der Waals surface area (Å²) in [4.78, 5) is 0. The van der Waals surface area contributed by atoms with Crippen molar-refractivity contribution in [2.75, 3.05) is 0 Å². The van der Waals surface area contributed by atoms with E-state index in [-0.39, 0.29) is 0 Å². The minimum atomic E-state index is 1.26. The molecule has 0 aromatic rings. The van der Waals surface area contributed by atoms with E-state index in [0.717, 1.165) is 0 Å². The monoisotopic (exact) mass is 184 g/mol. The first kappa shape index (κ1) is 10.5. The Morgan fingerprint density at radius 3 is 1.36 bits per heavy atom. The summed E-state index contributed by atoms with van der Waals surface area (Å²) in [6.45, 7) is 4.19. The van der Waals surface area contributed by atoms with Gasteiger partial charge in [0.05, 0.1) is 0 Å². The van der Waals surface area contributed by atoms with Crippen LogP contribution in [0.25, 0.3) is 0 Å². The maximum Gasteiger partial charge on any atom is -0.0398 e. The highest BCUT2D eigenvalue weighted by Crippen LogP contribution is 2.01. The number of rotatable bonds is 0. The van der Waals surface area contributed by atoms with Crippen LogP contribution in [-0.4, -0.2) is 0 Å².